The highest BCUT2D eigenvalue weighted by molar-refractivity contribution is 6.30. The molecule has 0 aromatic heterocycles. The van der Waals surface area contributed by atoms with E-state index in [1.807, 2.05) is 42.5 Å². The van der Waals surface area contributed by atoms with Crippen LogP contribution in [0.2, 0.25) is 5.02 Å². The number of methoxy groups -OCH3 is 1. The molecular formula is C22H20ClNO4. The molecule has 0 unspecified atom stereocenters. The van der Waals surface area contributed by atoms with Gasteiger partial charge in [-0.1, -0.05) is 48.0 Å². The van der Waals surface area contributed by atoms with Crippen molar-refractivity contribution in [1.29, 1.82) is 0 Å². The summed E-state index contributed by atoms with van der Waals surface area (Å²) in [6, 6.07) is 18.4. The number of halogens is 1. The summed E-state index contributed by atoms with van der Waals surface area (Å²) < 4.78 is 10.5. The lowest BCUT2D eigenvalue weighted by atomic mass is 10.1. The highest BCUT2D eigenvalue weighted by Crippen LogP contribution is 2.24. The Labute approximate surface area is 168 Å². The molecule has 144 valence electrons. The Hall–Kier alpha value is -3.05. The molecule has 1 N–H and O–H groups in total. The van der Waals surface area contributed by atoms with Crippen LogP contribution < -0.4 is 10.1 Å². The molecule has 0 heterocycles. The number of anilines is 1. The molecule has 0 aliphatic rings. The third-order valence-electron chi connectivity index (χ3n) is 4.30. The molecule has 0 saturated carbocycles. The third-order valence-corrected chi connectivity index (χ3v) is 4.54. The third kappa shape index (κ3) is 4.61. The number of ether oxygens (including phenoxy) is 2. The summed E-state index contributed by atoms with van der Waals surface area (Å²) in [6.45, 7) is 1.54. The first-order valence-corrected chi connectivity index (χ1v) is 9.16. The second-order valence-corrected chi connectivity index (χ2v) is 6.72. The number of amides is 1. The molecule has 0 radical (unpaired) electrons. The molecule has 0 aliphatic carbocycles. The fraction of sp³-hybridized carbons (Fsp3) is 0.182. The van der Waals surface area contributed by atoms with Crippen LogP contribution in [0.5, 0.6) is 5.75 Å². The second-order valence-electron chi connectivity index (χ2n) is 6.28. The van der Waals surface area contributed by atoms with Crippen LogP contribution in [0, 0.1) is 0 Å². The molecular weight excluding hydrogens is 378 g/mol. The molecule has 5 nitrogen and oxygen atoms in total. The van der Waals surface area contributed by atoms with Crippen molar-refractivity contribution in [2.45, 2.75) is 19.4 Å². The normalized spacial score (nSPS) is 11.7. The fourth-order valence-corrected chi connectivity index (χ4v) is 3.10. The maximum atomic E-state index is 12.5. The summed E-state index contributed by atoms with van der Waals surface area (Å²) in [5.74, 6) is -0.405. The minimum Gasteiger partial charge on any atom is -0.496 e. The van der Waals surface area contributed by atoms with E-state index in [0.29, 0.717) is 22.0 Å². The lowest BCUT2D eigenvalue weighted by Gasteiger charge is -2.15. The highest BCUT2D eigenvalue weighted by atomic mass is 35.5. The van der Waals surface area contributed by atoms with Gasteiger partial charge in [0.1, 0.15) is 5.75 Å². The summed E-state index contributed by atoms with van der Waals surface area (Å²) in [7, 11) is 1.51. The summed E-state index contributed by atoms with van der Waals surface area (Å²) in [5, 5.41) is 5.24. The Morgan fingerprint density at radius 3 is 2.61 bits per heavy atom. The predicted octanol–water partition coefficient (Wildman–Crippen LogP) is 4.61. The minimum atomic E-state index is -0.948. The summed E-state index contributed by atoms with van der Waals surface area (Å²) in [4.78, 5) is 24.8. The quantitative estimate of drug-likeness (QED) is 0.616. The van der Waals surface area contributed by atoms with E-state index in [9.17, 15) is 9.59 Å². The first-order chi connectivity index (χ1) is 13.5. The van der Waals surface area contributed by atoms with Crippen LogP contribution in [0.25, 0.3) is 10.8 Å². The average molecular weight is 398 g/mol. The van der Waals surface area contributed by atoms with Crippen molar-refractivity contribution in [3.05, 3.63) is 71.2 Å². The average Bonchev–Trinajstić information content (AvgIpc) is 2.68. The lowest BCUT2D eigenvalue weighted by Crippen LogP contribution is -2.30. The predicted molar refractivity (Wildman–Crippen MR) is 110 cm³/mol. The summed E-state index contributed by atoms with van der Waals surface area (Å²) >= 11 is 5.98. The van der Waals surface area contributed by atoms with Gasteiger partial charge in [0.2, 0.25) is 0 Å². The number of hydrogen-bond donors (Lipinski definition) is 1. The number of hydrogen-bond acceptors (Lipinski definition) is 4. The molecule has 1 amide bonds. The highest BCUT2D eigenvalue weighted by Gasteiger charge is 2.20. The zero-order valence-corrected chi connectivity index (χ0v) is 16.3. The van der Waals surface area contributed by atoms with E-state index < -0.39 is 18.0 Å². The van der Waals surface area contributed by atoms with E-state index in [0.717, 1.165) is 10.8 Å². The van der Waals surface area contributed by atoms with Gasteiger partial charge in [0.05, 0.1) is 13.5 Å². The van der Waals surface area contributed by atoms with E-state index in [2.05, 4.69) is 5.32 Å². The van der Waals surface area contributed by atoms with Crippen molar-refractivity contribution in [3.63, 3.8) is 0 Å². The van der Waals surface area contributed by atoms with E-state index in [1.165, 1.54) is 14.0 Å². The van der Waals surface area contributed by atoms with Crippen molar-refractivity contribution in [2.24, 2.45) is 0 Å². The molecule has 0 fully saturated rings. The van der Waals surface area contributed by atoms with Gasteiger partial charge >= 0.3 is 5.97 Å². The van der Waals surface area contributed by atoms with Gasteiger partial charge in [-0.3, -0.25) is 9.59 Å². The topological polar surface area (TPSA) is 64.6 Å². The Balaban J connectivity index is 1.65. The molecule has 0 aliphatic heterocycles. The number of benzene rings is 3. The van der Waals surface area contributed by atoms with Crippen molar-refractivity contribution < 1.29 is 19.1 Å². The first kappa shape index (κ1) is 19.7. The van der Waals surface area contributed by atoms with E-state index in [1.54, 1.807) is 18.2 Å². The van der Waals surface area contributed by atoms with Crippen molar-refractivity contribution >= 4 is 39.9 Å². The molecule has 0 spiro atoms. The lowest BCUT2D eigenvalue weighted by molar-refractivity contribution is -0.152. The van der Waals surface area contributed by atoms with E-state index in [-0.39, 0.29) is 6.42 Å². The molecule has 3 aromatic carbocycles. The summed E-state index contributed by atoms with van der Waals surface area (Å²) in [6.07, 6.45) is -0.994. The minimum absolute atomic E-state index is 0.0460. The molecule has 0 bridgehead atoms. The number of nitrogens with one attached hydrogen (secondary N) is 1. The smallest absolute Gasteiger partial charge is 0.311 e. The molecule has 3 aromatic rings. The van der Waals surface area contributed by atoms with Crippen LogP contribution in [0.15, 0.2) is 60.7 Å². The Bertz CT molecular complexity index is 1010. The maximum absolute atomic E-state index is 12.5. The zero-order valence-electron chi connectivity index (χ0n) is 15.6. The Morgan fingerprint density at radius 1 is 1.07 bits per heavy atom. The second kappa shape index (κ2) is 8.76. The zero-order chi connectivity index (χ0) is 20.1. The number of esters is 1. The van der Waals surface area contributed by atoms with Gasteiger partial charge in [-0.25, -0.2) is 0 Å². The fourth-order valence-electron chi connectivity index (χ4n) is 2.90. The van der Waals surface area contributed by atoms with Crippen molar-refractivity contribution in [3.8, 4) is 5.75 Å². The molecule has 6 heteroatoms. The summed E-state index contributed by atoms with van der Waals surface area (Å²) in [5.41, 5.74) is 1.27. The van der Waals surface area contributed by atoms with Gasteiger partial charge < -0.3 is 14.8 Å². The van der Waals surface area contributed by atoms with Crippen LogP contribution in [-0.4, -0.2) is 25.1 Å². The van der Waals surface area contributed by atoms with E-state index >= 15 is 0 Å². The van der Waals surface area contributed by atoms with E-state index in [4.69, 9.17) is 21.1 Å². The van der Waals surface area contributed by atoms with Gasteiger partial charge in [-0.05, 0) is 36.6 Å². The van der Waals surface area contributed by atoms with Crippen LogP contribution in [0.4, 0.5) is 5.69 Å². The standard InChI is InChI=1S/C22H20ClNO4/c1-14(28-21(25)13-16-12-17(23)10-11-20(16)27-2)22(26)24-19-9-5-7-15-6-3-4-8-18(15)19/h3-12,14H,13H2,1-2H3,(H,24,26)/t14-/m1/s1. The van der Waals surface area contributed by atoms with Crippen LogP contribution in [0.3, 0.4) is 0 Å². The Morgan fingerprint density at radius 2 is 1.82 bits per heavy atom. The molecule has 3 rings (SSSR count). The number of rotatable bonds is 6. The van der Waals surface area contributed by atoms with Crippen LogP contribution in [-0.2, 0) is 20.7 Å². The van der Waals surface area contributed by atoms with Crippen LogP contribution >= 0.6 is 11.6 Å². The monoisotopic (exact) mass is 397 g/mol. The van der Waals surface area contributed by atoms with Crippen LogP contribution in [0.1, 0.15) is 12.5 Å². The number of fused-ring (bicyclic) bond motifs is 1. The maximum Gasteiger partial charge on any atom is 0.311 e. The van der Waals surface area contributed by atoms with Gasteiger partial charge in [0.25, 0.3) is 5.91 Å². The molecule has 28 heavy (non-hydrogen) atoms. The largest absolute Gasteiger partial charge is 0.496 e. The SMILES string of the molecule is COc1ccc(Cl)cc1CC(=O)O[C@H](C)C(=O)Nc1cccc2ccccc12. The number of carbonyl (C=O) groups is 2. The van der Waals surface area contributed by atoms with Crippen molar-refractivity contribution in [2.75, 3.05) is 12.4 Å². The van der Waals surface area contributed by atoms with Crippen molar-refractivity contribution in [1.82, 2.24) is 0 Å². The van der Waals surface area contributed by atoms with Gasteiger partial charge in [-0.2, -0.15) is 0 Å². The Kier molecular flexibility index (Phi) is 6.16. The molecule has 1 atom stereocenters. The van der Waals surface area contributed by atoms with Gasteiger partial charge in [0.15, 0.2) is 6.10 Å². The van der Waals surface area contributed by atoms with Gasteiger partial charge in [0, 0.05) is 21.7 Å². The van der Waals surface area contributed by atoms with Gasteiger partial charge in [-0.15, -0.1) is 0 Å². The number of carbonyl (C=O) groups excluding carboxylic acids is 2. The first-order valence-electron chi connectivity index (χ1n) is 8.78. The molecule has 0 saturated heterocycles.